The maximum Gasteiger partial charge on any atom is 0.119 e. The molecule has 112 valence electrons. The molecule has 4 heteroatoms. The molecule has 0 bridgehead atoms. The molecule has 20 heavy (non-hydrogen) atoms. The van der Waals surface area contributed by atoms with Crippen molar-refractivity contribution in [1.29, 1.82) is 0 Å². The first-order valence-electron chi connectivity index (χ1n) is 7.39. The fourth-order valence-corrected chi connectivity index (χ4v) is 2.71. The molecule has 1 aliphatic rings. The highest BCUT2D eigenvalue weighted by Crippen LogP contribution is 2.17. The van der Waals surface area contributed by atoms with Crippen molar-refractivity contribution in [1.82, 2.24) is 10.2 Å². The lowest BCUT2D eigenvalue weighted by molar-refractivity contribution is -0.0381. The van der Waals surface area contributed by atoms with E-state index in [4.69, 9.17) is 9.47 Å². The third-order valence-corrected chi connectivity index (χ3v) is 3.80. The van der Waals surface area contributed by atoms with E-state index in [0.717, 1.165) is 38.4 Å². The van der Waals surface area contributed by atoms with Gasteiger partial charge in [-0.2, -0.15) is 0 Å². The van der Waals surface area contributed by atoms with Crippen molar-refractivity contribution in [3.8, 4) is 5.75 Å². The monoisotopic (exact) mass is 278 g/mol. The number of hydrogen-bond acceptors (Lipinski definition) is 4. The zero-order valence-electron chi connectivity index (χ0n) is 12.8. The summed E-state index contributed by atoms with van der Waals surface area (Å²) >= 11 is 0. The third kappa shape index (κ3) is 4.20. The van der Waals surface area contributed by atoms with Crippen molar-refractivity contribution in [2.45, 2.75) is 25.5 Å². The van der Waals surface area contributed by atoms with Gasteiger partial charge in [-0.25, -0.2) is 0 Å². The molecule has 0 aliphatic carbocycles. The fourth-order valence-electron chi connectivity index (χ4n) is 2.71. The molecule has 1 saturated heterocycles. The van der Waals surface area contributed by atoms with Crippen molar-refractivity contribution in [3.63, 3.8) is 0 Å². The Morgan fingerprint density at radius 1 is 1.50 bits per heavy atom. The molecule has 0 spiro atoms. The molecule has 0 amide bonds. The second kappa shape index (κ2) is 7.62. The Bertz CT molecular complexity index is 411. The van der Waals surface area contributed by atoms with Gasteiger partial charge in [0.1, 0.15) is 5.75 Å². The molecule has 2 rings (SSSR count). The minimum absolute atomic E-state index is 0.250. The van der Waals surface area contributed by atoms with Crippen LogP contribution < -0.4 is 10.1 Å². The third-order valence-electron chi connectivity index (χ3n) is 3.80. The van der Waals surface area contributed by atoms with Crippen molar-refractivity contribution in [3.05, 3.63) is 29.8 Å². The molecule has 1 N–H and O–H groups in total. The number of ether oxygens (including phenoxy) is 2. The summed E-state index contributed by atoms with van der Waals surface area (Å²) in [7, 11) is 3.87. The van der Waals surface area contributed by atoms with E-state index in [2.05, 4.69) is 36.3 Å². The number of rotatable bonds is 6. The van der Waals surface area contributed by atoms with E-state index in [1.54, 1.807) is 7.11 Å². The summed E-state index contributed by atoms with van der Waals surface area (Å²) in [6.07, 6.45) is 1.21. The minimum atomic E-state index is 0.250. The van der Waals surface area contributed by atoms with Gasteiger partial charge in [0.25, 0.3) is 0 Å². The first kappa shape index (κ1) is 15.3. The molecule has 1 fully saturated rings. The van der Waals surface area contributed by atoms with Gasteiger partial charge in [-0.15, -0.1) is 0 Å². The lowest BCUT2D eigenvalue weighted by Crippen LogP contribution is -2.52. The first-order chi connectivity index (χ1) is 9.72. The van der Waals surface area contributed by atoms with E-state index in [1.807, 2.05) is 12.1 Å². The van der Waals surface area contributed by atoms with Crippen molar-refractivity contribution in [2.75, 3.05) is 40.4 Å². The SMILES string of the molecule is CCNC(Cc1cccc(OC)c1)C1CN(C)CCO1. The van der Waals surface area contributed by atoms with E-state index in [-0.39, 0.29) is 6.10 Å². The summed E-state index contributed by atoms with van der Waals surface area (Å²) < 4.78 is 11.3. The van der Waals surface area contributed by atoms with Crippen LogP contribution >= 0.6 is 0 Å². The van der Waals surface area contributed by atoms with Gasteiger partial charge in [0.15, 0.2) is 0 Å². The number of nitrogens with one attached hydrogen (secondary N) is 1. The summed E-state index contributed by atoms with van der Waals surface area (Å²) in [5.41, 5.74) is 1.28. The van der Waals surface area contributed by atoms with Crippen molar-refractivity contribution in [2.24, 2.45) is 0 Å². The van der Waals surface area contributed by atoms with Crippen LogP contribution in [0.2, 0.25) is 0 Å². The molecule has 2 unspecified atom stereocenters. The highest BCUT2D eigenvalue weighted by molar-refractivity contribution is 5.29. The average molecular weight is 278 g/mol. The van der Waals surface area contributed by atoms with Crippen LogP contribution in [-0.2, 0) is 11.2 Å². The van der Waals surface area contributed by atoms with Gasteiger partial charge < -0.3 is 19.7 Å². The summed E-state index contributed by atoms with van der Waals surface area (Å²) in [6, 6.07) is 8.63. The van der Waals surface area contributed by atoms with Gasteiger partial charge >= 0.3 is 0 Å². The van der Waals surface area contributed by atoms with Crippen LogP contribution in [0.5, 0.6) is 5.75 Å². The molecule has 0 aromatic heterocycles. The molecule has 2 atom stereocenters. The van der Waals surface area contributed by atoms with Crippen LogP contribution in [0, 0.1) is 0 Å². The predicted octanol–water partition coefficient (Wildman–Crippen LogP) is 1.55. The maximum absolute atomic E-state index is 5.96. The Morgan fingerprint density at radius 3 is 3.05 bits per heavy atom. The molecule has 0 saturated carbocycles. The molecular weight excluding hydrogens is 252 g/mol. The molecule has 1 aliphatic heterocycles. The molecule has 1 aromatic rings. The van der Waals surface area contributed by atoms with Gasteiger partial charge in [-0.3, -0.25) is 0 Å². The van der Waals surface area contributed by atoms with Gasteiger partial charge in [0.2, 0.25) is 0 Å². The second-order valence-electron chi connectivity index (χ2n) is 5.39. The highest BCUT2D eigenvalue weighted by Gasteiger charge is 2.26. The number of methoxy groups -OCH3 is 1. The van der Waals surface area contributed by atoms with E-state index >= 15 is 0 Å². The molecule has 0 radical (unpaired) electrons. The van der Waals surface area contributed by atoms with Gasteiger partial charge in [0.05, 0.1) is 19.8 Å². The Hall–Kier alpha value is -1.10. The molecule has 1 heterocycles. The quantitative estimate of drug-likeness (QED) is 0.856. The smallest absolute Gasteiger partial charge is 0.119 e. The fraction of sp³-hybridized carbons (Fsp3) is 0.625. The number of benzene rings is 1. The van der Waals surface area contributed by atoms with Crippen molar-refractivity contribution < 1.29 is 9.47 Å². The topological polar surface area (TPSA) is 33.7 Å². The van der Waals surface area contributed by atoms with Crippen LogP contribution in [0.15, 0.2) is 24.3 Å². The van der Waals surface area contributed by atoms with E-state index in [9.17, 15) is 0 Å². The zero-order chi connectivity index (χ0) is 14.4. The normalized spacial score (nSPS) is 21.6. The zero-order valence-corrected chi connectivity index (χ0v) is 12.8. The second-order valence-corrected chi connectivity index (χ2v) is 5.39. The highest BCUT2D eigenvalue weighted by atomic mass is 16.5. The van der Waals surface area contributed by atoms with E-state index < -0.39 is 0 Å². The lowest BCUT2D eigenvalue weighted by atomic mass is 9.99. The number of morpholine rings is 1. The largest absolute Gasteiger partial charge is 0.497 e. The molecule has 4 nitrogen and oxygen atoms in total. The van der Waals surface area contributed by atoms with E-state index in [0.29, 0.717) is 6.04 Å². The van der Waals surface area contributed by atoms with Crippen LogP contribution in [0.3, 0.4) is 0 Å². The maximum atomic E-state index is 5.96. The Morgan fingerprint density at radius 2 is 2.35 bits per heavy atom. The Kier molecular flexibility index (Phi) is 5.83. The molecular formula is C16H26N2O2. The lowest BCUT2D eigenvalue weighted by Gasteiger charge is -2.35. The summed E-state index contributed by atoms with van der Waals surface area (Å²) in [6.45, 7) is 5.93. The van der Waals surface area contributed by atoms with Crippen LogP contribution in [0.1, 0.15) is 12.5 Å². The van der Waals surface area contributed by atoms with Gasteiger partial charge in [-0.1, -0.05) is 19.1 Å². The molecule has 1 aromatic carbocycles. The van der Waals surface area contributed by atoms with Crippen LogP contribution in [0.4, 0.5) is 0 Å². The standard InChI is InChI=1S/C16H26N2O2/c1-4-17-15(16-12-18(2)8-9-20-16)11-13-6-5-7-14(10-13)19-3/h5-7,10,15-17H,4,8-9,11-12H2,1-3H3. The van der Waals surface area contributed by atoms with Gasteiger partial charge in [0, 0.05) is 19.1 Å². The first-order valence-corrected chi connectivity index (χ1v) is 7.39. The number of hydrogen-bond donors (Lipinski definition) is 1. The Labute approximate surface area is 122 Å². The number of likely N-dealkylation sites (N-methyl/N-ethyl adjacent to an activating group) is 2. The minimum Gasteiger partial charge on any atom is -0.497 e. The summed E-state index contributed by atoms with van der Waals surface area (Å²) in [4.78, 5) is 2.34. The van der Waals surface area contributed by atoms with Crippen LogP contribution in [-0.4, -0.2) is 57.4 Å². The number of nitrogens with zero attached hydrogens (tertiary/aromatic N) is 1. The summed E-state index contributed by atoms with van der Waals surface area (Å²) in [5, 5.41) is 3.57. The van der Waals surface area contributed by atoms with Crippen molar-refractivity contribution >= 4 is 0 Å². The van der Waals surface area contributed by atoms with Gasteiger partial charge in [-0.05, 0) is 37.7 Å². The Balaban J connectivity index is 2.03. The van der Waals surface area contributed by atoms with Crippen LogP contribution in [0.25, 0.3) is 0 Å². The average Bonchev–Trinajstić information content (AvgIpc) is 2.47. The summed E-state index contributed by atoms with van der Waals surface area (Å²) in [5.74, 6) is 0.916. The predicted molar refractivity (Wildman–Crippen MR) is 81.4 cm³/mol. The van der Waals surface area contributed by atoms with E-state index in [1.165, 1.54) is 5.56 Å².